The Kier molecular flexibility index (Phi) is 22.4. The standard InChI is InChI=1S/C42H77N7O8/c1-23(2)17-29(43)36(50)47-33(21-27(9)10)41(55)49-16-14-15-35(49)40(54)46-32(20-26(7)8)38(52)44-30(18-24(3)4)37(51)45-31(19-25(5)6)39(53)48-34(22-28(11)12)42(56)57-13/h23-35H,14-22,43H2,1-13H3,(H,44,52)(H,45,51)(H,46,54)(H,47,50)(H,48,53)/t29-,30-,31-,32-,33-,34-,35-/m0/s1. The molecule has 1 fully saturated rings. The normalized spacial score (nSPS) is 17.6. The molecule has 328 valence electrons. The van der Waals surface area contributed by atoms with Gasteiger partial charge >= 0.3 is 5.97 Å². The highest BCUT2D eigenvalue weighted by Gasteiger charge is 2.40. The van der Waals surface area contributed by atoms with Crippen molar-refractivity contribution in [1.29, 1.82) is 0 Å². The van der Waals surface area contributed by atoms with E-state index >= 15 is 0 Å². The van der Waals surface area contributed by atoms with Gasteiger partial charge in [-0.3, -0.25) is 28.8 Å². The van der Waals surface area contributed by atoms with Crippen LogP contribution in [0.3, 0.4) is 0 Å². The van der Waals surface area contributed by atoms with Crippen LogP contribution >= 0.6 is 0 Å². The second kappa shape index (κ2) is 24.9. The molecule has 1 aliphatic heterocycles. The summed E-state index contributed by atoms with van der Waals surface area (Å²) in [5.74, 6) is -3.20. The summed E-state index contributed by atoms with van der Waals surface area (Å²) >= 11 is 0. The van der Waals surface area contributed by atoms with Crippen LogP contribution in [-0.4, -0.2) is 102 Å². The van der Waals surface area contributed by atoms with Crippen LogP contribution in [0, 0.1) is 35.5 Å². The van der Waals surface area contributed by atoms with Crippen LogP contribution in [0.1, 0.15) is 134 Å². The Morgan fingerprint density at radius 3 is 1.28 bits per heavy atom. The maximum absolute atomic E-state index is 14.0. The number of carbonyl (C=O) groups excluding carboxylic acids is 7. The van der Waals surface area contributed by atoms with Crippen LogP contribution in [0.4, 0.5) is 0 Å². The summed E-state index contributed by atoms with van der Waals surface area (Å²) in [7, 11) is 1.25. The number of likely N-dealkylation sites (tertiary alicyclic amines) is 1. The number of amides is 6. The van der Waals surface area contributed by atoms with Crippen LogP contribution in [-0.2, 0) is 38.3 Å². The molecule has 1 aliphatic rings. The van der Waals surface area contributed by atoms with Crippen molar-refractivity contribution in [3.05, 3.63) is 0 Å². The van der Waals surface area contributed by atoms with Gasteiger partial charge in [0.25, 0.3) is 0 Å². The highest BCUT2D eigenvalue weighted by atomic mass is 16.5. The molecule has 15 nitrogen and oxygen atoms in total. The summed E-state index contributed by atoms with van der Waals surface area (Å²) in [6.45, 7) is 23.4. The molecule has 0 unspecified atom stereocenters. The molecule has 0 spiro atoms. The van der Waals surface area contributed by atoms with Gasteiger partial charge in [-0.15, -0.1) is 0 Å². The van der Waals surface area contributed by atoms with E-state index in [-0.39, 0.29) is 60.7 Å². The van der Waals surface area contributed by atoms with Crippen LogP contribution in [0.25, 0.3) is 0 Å². The van der Waals surface area contributed by atoms with Crippen molar-refractivity contribution in [1.82, 2.24) is 31.5 Å². The van der Waals surface area contributed by atoms with Crippen molar-refractivity contribution in [2.24, 2.45) is 41.2 Å². The van der Waals surface area contributed by atoms with E-state index in [1.54, 1.807) is 0 Å². The van der Waals surface area contributed by atoms with Gasteiger partial charge in [0.2, 0.25) is 35.4 Å². The first-order valence-electron chi connectivity index (χ1n) is 21.1. The van der Waals surface area contributed by atoms with Crippen molar-refractivity contribution in [3.63, 3.8) is 0 Å². The third kappa shape index (κ3) is 18.6. The molecule has 0 aromatic carbocycles. The molecule has 0 aromatic heterocycles. The zero-order valence-corrected chi connectivity index (χ0v) is 37.2. The van der Waals surface area contributed by atoms with Crippen molar-refractivity contribution in [2.45, 2.75) is 177 Å². The molecule has 6 amide bonds. The number of esters is 1. The van der Waals surface area contributed by atoms with Crippen LogP contribution in [0.2, 0.25) is 0 Å². The minimum absolute atomic E-state index is 0.00732. The van der Waals surface area contributed by atoms with Gasteiger partial charge in [0.15, 0.2) is 0 Å². The van der Waals surface area contributed by atoms with Crippen LogP contribution in [0.5, 0.6) is 0 Å². The zero-order valence-electron chi connectivity index (χ0n) is 37.2. The number of hydrogen-bond acceptors (Lipinski definition) is 9. The summed E-state index contributed by atoms with van der Waals surface area (Å²) in [5.41, 5.74) is 6.13. The zero-order chi connectivity index (χ0) is 43.7. The number of rotatable bonds is 24. The molecule has 0 bridgehead atoms. The van der Waals surface area contributed by atoms with Gasteiger partial charge in [-0.25, -0.2) is 4.79 Å². The molecule has 57 heavy (non-hydrogen) atoms. The summed E-state index contributed by atoms with van der Waals surface area (Å²) in [4.78, 5) is 96.3. The predicted octanol–water partition coefficient (Wildman–Crippen LogP) is 3.18. The fraction of sp³-hybridized carbons (Fsp3) is 0.833. The first-order valence-corrected chi connectivity index (χ1v) is 21.1. The van der Waals surface area contributed by atoms with Gasteiger partial charge in [-0.2, -0.15) is 0 Å². The highest BCUT2D eigenvalue weighted by molar-refractivity contribution is 5.97. The van der Waals surface area contributed by atoms with Crippen LogP contribution in [0.15, 0.2) is 0 Å². The van der Waals surface area contributed by atoms with E-state index in [4.69, 9.17) is 10.5 Å². The molecule has 0 saturated carbocycles. The topological polar surface area (TPSA) is 218 Å². The minimum atomic E-state index is -1.04. The lowest BCUT2D eigenvalue weighted by atomic mass is 9.98. The van der Waals surface area contributed by atoms with E-state index in [2.05, 4.69) is 26.6 Å². The van der Waals surface area contributed by atoms with Crippen molar-refractivity contribution >= 4 is 41.4 Å². The van der Waals surface area contributed by atoms with Crippen molar-refractivity contribution in [3.8, 4) is 0 Å². The maximum atomic E-state index is 14.0. The molecule has 15 heteroatoms. The molecule has 0 aliphatic carbocycles. The highest BCUT2D eigenvalue weighted by Crippen LogP contribution is 2.22. The van der Waals surface area contributed by atoms with Crippen molar-refractivity contribution in [2.75, 3.05) is 13.7 Å². The lowest BCUT2D eigenvalue weighted by molar-refractivity contribution is -0.146. The number of ether oxygens (including phenoxy) is 1. The molecule has 1 heterocycles. The van der Waals surface area contributed by atoms with Gasteiger partial charge in [0.05, 0.1) is 13.2 Å². The molecule has 0 radical (unpaired) electrons. The monoisotopic (exact) mass is 808 g/mol. The van der Waals surface area contributed by atoms with Gasteiger partial charge < -0.3 is 42.0 Å². The SMILES string of the molecule is COC(=O)[C@H](CC(C)C)NC(=O)[C@H](CC(C)C)NC(=O)[C@H](CC(C)C)NC(=O)[C@H](CC(C)C)NC(=O)[C@@H]1CCCN1C(=O)[C@H](CC(C)C)NC(=O)[C@@H](N)CC(C)C. The summed E-state index contributed by atoms with van der Waals surface area (Å²) in [6.07, 6.45) is 2.93. The molecule has 1 saturated heterocycles. The Bertz CT molecular complexity index is 1330. The van der Waals surface area contributed by atoms with Gasteiger partial charge in [0.1, 0.15) is 36.3 Å². The number of hydrogen-bond donors (Lipinski definition) is 6. The van der Waals surface area contributed by atoms with Gasteiger partial charge in [-0.1, -0.05) is 83.1 Å². The van der Waals surface area contributed by atoms with Gasteiger partial charge in [-0.05, 0) is 86.9 Å². The summed E-state index contributed by atoms with van der Waals surface area (Å²) < 4.78 is 4.91. The van der Waals surface area contributed by atoms with E-state index in [1.807, 2.05) is 83.1 Å². The third-order valence-corrected chi connectivity index (χ3v) is 9.75. The Hall–Kier alpha value is -3.75. The average Bonchev–Trinajstić information content (AvgIpc) is 3.58. The lowest BCUT2D eigenvalue weighted by Crippen LogP contribution is -2.60. The Morgan fingerprint density at radius 1 is 0.526 bits per heavy atom. The molecular formula is C42H77N7O8. The maximum Gasteiger partial charge on any atom is 0.328 e. The fourth-order valence-corrected chi connectivity index (χ4v) is 7.11. The predicted molar refractivity (Wildman–Crippen MR) is 221 cm³/mol. The summed E-state index contributed by atoms with van der Waals surface area (Å²) in [6, 6.07) is -6.43. The molecule has 1 rings (SSSR count). The Balaban J connectivity index is 3.28. The minimum Gasteiger partial charge on any atom is -0.467 e. The number of carbonyl (C=O) groups is 7. The largest absolute Gasteiger partial charge is 0.467 e. The first-order chi connectivity index (χ1) is 26.5. The number of nitrogens with two attached hydrogens (primary N) is 1. The quantitative estimate of drug-likeness (QED) is 0.0789. The second-order valence-electron chi connectivity index (χ2n) is 18.4. The van der Waals surface area contributed by atoms with E-state index in [9.17, 15) is 33.6 Å². The molecule has 7 N–H and O–H groups in total. The first kappa shape index (κ1) is 51.3. The molecule has 0 aromatic rings. The number of methoxy groups -OCH3 is 1. The van der Waals surface area contributed by atoms with Crippen LogP contribution < -0.4 is 32.3 Å². The third-order valence-electron chi connectivity index (χ3n) is 9.75. The fourth-order valence-electron chi connectivity index (χ4n) is 7.11. The Labute approximate surface area is 342 Å². The van der Waals surface area contributed by atoms with Gasteiger partial charge in [0, 0.05) is 6.54 Å². The Morgan fingerprint density at radius 2 is 0.877 bits per heavy atom. The van der Waals surface area contributed by atoms with E-state index in [0.29, 0.717) is 38.6 Å². The van der Waals surface area contributed by atoms with Crippen molar-refractivity contribution < 1.29 is 38.3 Å². The molecule has 7 atom stereocenters. The van der Waals surface area contributed by atoms with E-state index < -0.39 is 77.8 Å². The smallest absolute Gasteiger partial charge is 0.328 e. The number of nitrogens with one attached hydrogen (secondary N) is 5. The van der Waals surface area contributed by atoms with E-state index in [0.717, 1.165) is 0 Å². The van der Waals surface area contributed by atoms with E-state index in [1.165, 1.54) is 12.0 Å². The summed E-state index contributed by atoms with van der Waals surface area (Å²) in [5, 5.41) is 14.1. The number of nitrogens with zero attached hydrogens (tertiary/aromatic N) is 1. The second-order valence-corrected chi connectivity index (χ2v) is 18.4. The molecular weight excluding hydrogens is 731 g/mol. The average molecular weight is 808 g/mol. The lowest BCUT2D eigenvalue weighted by Gasteiger charge is -2.31.